The molecule has 0 bridgehead atoms. The zero-order valence-corrected chi connectivity index (χ0v) is 51.9. The Kier molecular flexibility index (Phi) is 52.6. The van der Waals surface area contributed by atoms with Crippen LogP contribution in [0.3, 0.4) is 0 Å². The molecular weight excluding hydrogens is 1060 g/mol. The number of carbonyl (C=O) groups excluding carboxylic acids is 6. The van der Waals surface area contributed by atoms with Crippen molar-refractivity contribution in [3.8, 4) is 5.75 Å². The molecule has 0 spiro atoms. The topological polar surface area (TPSA) is 270 Å². The van der Waals surface area contributed by atoms with E-state index in [-0.39, 0.29) is 105 Å². The fraction of sp³-hybridized carbons (Fsp3) is 0.810. The van der Waals surface area contributed by atoms with Gasteiger partial charge in [0.15, 0.2) is 0 Å². The van der Waals surface area contributed by atoms with Gasteiger partial charge in [-0.3, -0.25) is 28.8 Å². The van der Waals surface area contributed by atoms with E-state index in [1.165, 1.54) is 159 Å². The van der Waals surface area contributed by atoms with Crippen molar-refractivity contribution in [1.29, 1.82) is 0 Å². The van der Waals surface area contributed by atoms with Gasteiger partial charge in [-0.25, -0.2) is 0 Å². The summed E-state index contributed by atoms with van der Waals surface area (Å²) < 4.78 is 28.1. The number of hydrogen-bond donors (Lipinski definition) is 6. The van der Waals surface area contributed by atoms with Crippen LogP contribution in [0.1, 0.15) is 241 Å². The first kappa shape index (κ1) is 76.0. The molecule has 1 aromatic rings. The summed E-state index contributed by atoms with van der Waals surface area (Å²) in [4.78, 5) is 78.0. The number of rotatable bonds is 60. The summed E-state index contributed by atoms with van der Waals surface area (Å²) in [5, 5.41) is 20.5. The van der Waals surface area contributed by atoms with E-state index in [9.17, 15) is 28.8 Å². The minimum atomic E-state index is -0.467. The molecular formula is C63H113N9O11. The number of nitrogens with one attached hydrogen (secondary N) is 6. The van der Waals surface area contributed by atoms with Crippen LogP contribution in [-0.4, -0.2) is 141 Å². The first-order valence-corrected chi connectivity index (χ1v) is 32.3. The summed E-state index contributed by atoms with van der Waals surface area (Å²) in [5.41, 5.74) is 8.99. The summed E-state index contributed by atoms with van der Waals surface area (Å²) in [6.07, 6.45) is 35.0. The van der Waals surface area contributed by atoms with Crippen molar-refractivity contribution in [1.82, 2.24) is 31.9 Å². The number of unbranched alkanes of at least 4 members (excludes halogenated alkanes) is 24. The summed E-state index contributed by atoms with van der Waals surface area (Å²) in [6.45, 7) is 11.1. The minimum absolute atomic E-state index is 0.0362. The number of azide groups is 1. The fourth-order valence-corrected chi connectivity index (χ4v) is 9.03. The molecule has 20 heteroatoms. The molecule has 20 nitrogen and oxygen atoms in total. The molecule has 1 unspecified atom stereocenters. The second-order valence-electron chi connectivity index (χ2n) is 21.8. The Balaban J connectivity index is 2.16. The normalized spacial score (nSPS) is 11.4. The Morgan fingerprint density at radius 3 is 1.25 bits per heavy atom. The molecule has 6 amide bonds. The first-order valence-electron chi connectivity index (χ1n) is 32.3. The number of amides is 6. The van der Waals surface area contributed by atoms with Crippen molar-refractivity contribution in [3.63, 3.8) is 0 Å². The molecule has 0 aliphatic heterocycles. The molecule has 0 aliphatic rings. The summed E-state index contributed by atoms with van der Waals surface area (Å²) in [5.74, 6) is -0.810. The highest BCUT2D eigenvalue weighted by Gasteiger charge is 2.15. The number of nitrogens with zero attached hydrogens (tertiary/aromatic N) is 3. The second kappa shape index (κ2) is 57.4. The Morgan fingerprint density at radius 2 is 0.795 bits per heavy atom. The van der Waals surface area contributed by atoms with E-state index in [0.717, 1.165) is 25.7 Å². The minimum Gasteiger partial charge on any atom is -0.493 e. The third-order valence-electron chi connectivity index (χ3n) is 14.0. The number of hydrogen-bond acceptors (Lipinski definition) is 12. The molecule has 1 atom stereocenters. The van der Waals surface area contributed by atoms with Gasteiger partial charge in [0.25, 0.3) is 11.8 Å². The number of ether oxygens (including phenoxy) is 5. The molecule has 0 aliphatic carbocycles. The van der Waals surface area contributed by atoms with Gasteiger partial charge in [0.05, 0.1) is 59.4 Å². The highest BCUT2D eigenvalue weighted by atomic mass is 16.5. The molecule has 6 N–H and O–H groups in total. The molecule has 0 saturated carbocycles. The molecule has 0 saturated heterocycles. The zero-order valence-electron chi connectivity index (χ0n) is 51.9. The van der Waals surface area contributed by atoms with Crippen molar-refractivity contribution >= 4 is 35.4 Å². The molecule has 0 radical (unpaired) electrons. The second-order valence-corrected chi connectivity index (χ2v) is 21.8. The van der Waals surface area contributed by atoms with E-state index < -0.39 is 11.8 Å². The van der Waals surface area contributed by atoms with Crippen LogP contribution in [0.4, 0.5) is 0 Å². The van der Waals surface area contributed by atoms with E-state index in [0.29, 0.717) is 78.5 Å². The third kappa shape index (κ3) is 50.1. The zero-order chi connectivity index (χ0) is 60.3. The van der Waals surface area contributed by atoms with E-state index in [1.807, 2.05) is 6.92 Å². The van der Waals surface area contributed by atoms with Gasteiger partial charge >= 0.3 is 0 Å². The van der Waals surface area contributed by atoms with E-state index >= 15 is 0 Å². The highest BCUT2D eigenvalue weighted by molar-refractivity contribution is 6.00. The Morgan fingerprint density at radius 1 is 0.422 bits per heavy atom. The van der Waals surface area contributed by atoms with Crippen LogP contribution in [0.15, 0.2) is 23.3 Å². The maximum Gasteiger partial charge on any atom is 0.251 e. The Labute approximate surface area is 499 Å². The molecule has 0 aromatic heterocycles. The van der Waals surface area contributed by atoms with E-state index in [4.69, 9.17) is 29.2 Å². The van der Waals surface area contributed by atoms with Gasteiger partial charge in [-0.1, -0.05) is 180 Å². The number of benzene rings is 1. The molecule has 83 heavy (non-hydrogen) atoms. The van der Waals surface area contributed by atoms with Gasteiger partial charge in [0, 0.05) is 87.6 Å². The van der Waals surface area contributed by atoms with Gasteiger partial charge in [-0.05, 0) is 48.9 Å². The van der Waals surface area contributed by atoms with Gasteiger partial charge in [-0.2, -0.15) is 0 Å². The largest absolute Gasteiger partial charge is 0.493 e. The quantitative estimate of drug-likeness (QED) is 0.0154. The standard InChI is InChI=1S/C63H113N9O11/c1-4-6-8-10-12-14-16-18-20-22-24-26-28-31-58(73)65-36-44-81-45-37-67-60(75)33-42-79-41-30-35-68-62(77)55-49-56(51-57(50-55)83-48-40-71-72-64)63(78)69-39-46-80-43-34-61(76)70-52-54(3)53-82-47-38-66-59(74)32-29-27-25-23-21-19-17-15-13-11-9-7-5-2/h49-51,54H,4-48,52-53H2,1-3H3,(H,65,73)(H,66,74)(H,67,75)(H,68,77)(H,69,78)(H,70,76). The maximum absolute atomic E-state index is 13.1. The van der Waals surface area contributed by atoms with Crippen LogP contribution >= 0.6 is 0 Å². The van der Waals surface area contributed by atoms with Crippen LogP contribution in [-0.2, 0) is 38.1 Å². The van der Waals surface area contributed by atoms with Crippen LogP contribution in [0, 0.1) is 5.92 Å². The fourth-order valence-electron chi connectivity index (χ4n) is 9.03. The monoisotopic (exact) mass is 1170 g/mol. The molecule has 1 aromatic carbocycles. The maximum atomic E-state index is 13.1. The molecule has 0 heterocycles. The number of carbonyl (C=O) groups is 6. The Bertz CT molecular complexity index is 1860. The van der Waals surface area contributed by atoms with Crippen molar-refractivity contribution < 1.29 is 52.5 Å². The lowest BCUT2D eigenvalue weighted by molar-refractivity contribution is -0.123. The van der Waals surface area contributed by atoms with Crippen LogP contribution in [0.2, 0.25) is 0 Å². The molecule has 0 fully saturated rings. The van der Waals surface area contributed by atoms with Crippen molar-refractivity contribution in [3.05, 3.63) is 39.8 Å². The predicted octanol–water partition coefficient (Wildman–Crippen LogP) is 11.1. The first-order chi connectivity index (χ1) is 40.6. The van der Waals surface area contributed by atoms with E-state index in [1.54, 1.807) is 0 Å². The molecule has 1 rings (SSSR count). The van der Waals surface area contributed by atoms with E-state index in [2.05, 4.69) is 55.8 Å². The highest BCUT2D eigenvalue weighted by Crippen LogP contribution is 2.19. The van der Waals surface area contributed by atoms with Gasteiger partial charge in [0.2, 0.25) is 23.6 Å². The average molecular weight is 1170 g/mol. The lowest BCUT2D eigenvalue weighted by Gasteiger charge is -2.14. The van der Waals surface area contributed by atoms with Crippen molar-refractivity contribution in [2.45, 2.75) is 220 Å². The van der Waals surface area contributed by atoms with Gasteiger partial charge in [-0.15, -0.1) is 0 Å². The predicted molar refractivity (Wildman–Crippen MR) is 330 cm³/mol. The lowest BCUT2D eigenvalue weighted by atomic mass is 10.0. The average Bonchev–Trinajstić information content (AvgIpc) is 3.48. The Hall–Kier alpha value is -5.01. The lowest BCUT2D eigenvalue weighted by Crippen LogP contribution is -2.32. The molecule has 476 valence electrons. The summed E-state index contributed by atoms with van der Waals surface area (Å²) >= 11 is 0. The van der Waals surface area contributed by atoms with Crippen LogP contribution in [0.25, 0.3) is 10.4 Å². The smallest absolute Gasteiger partial charge is 0.251 e. The van der Waals surface area contributed by atoms with Crippen molar-refractivity contribution in [2.75, 3.05) is 105 Å². The third-order valence-corrected chi connectivity index (χ3v) is 14.0. The van der Waals surface area contributed by atoms with Crippen molar-refractivity contribution in [2.24, 2.45) is 11.0 Å². The summed E-state index contributed by atoms with van der Waals surface area (Å²) in [6, 6.07) is 4.43. The van der Waals surface area contributed by atoms with Gasteiger partial charge < -0.3 is 55.6 Å². The SMILES string of the molecule is CCCCCCCCCCCCCCCC(=O)NCCOCCNC(=O)CCOCCCNC(=O)c1cc(OCCN=[N+]=[N-])cc(C(=O)NCCOCCC(=O)NCC(C)COCCNC(=O)CCCCCCCCCCCCCCC)c1. The van der Waals surface area contributed by atoms with Crippen LogP contribution < -0.4 is 36.6 Å². The van der Waals surface area contributed by atoms with Gasteiger partial charge in [0.1, 0.15) is 5.75 Å². The summed E-state index contributed by atoms with van der Waals surface area (Å²) in [7, 11) is 0. The van der Waals surface area contributed by atoms with Crippen LogP contribution in [0.5, 0.6) is 5.75 Å².